The molecule has 1 fully saturated rings. The van der Waals surface area contributed by atoms with Gasteiger partial charge < -0.3 is 9.64 Å². The second kappa shape index (κ2) is 10.5. The number of aryl methyl sites for hydroxylation is 1. The highest BCUT2D eigenvalue weighted by molar-refractivity contribution is 5.81. The molecule has 4 rings (SSSR count). The minimum absolute atomic E-state index is 0.0557. The van der Waals surface area contributed by atoms with Crippen molar-refractivity contribution in [3.63, 3.8) is 0 Å². The number of piperazine rings is 1. The predicted molar refractivity (Wildman–Crippen MR) is 129 cm³/mol. The van der Waals surface area contributed by atoms with E-state index in [-0.39, 0.29) is 11.9 Å². The molecule has 1 aliphatic rings. The first-order valence-electron chi connectivity index (χ1n) is 11.5. The van der Waals surface area contributed by atoms with Gasteiger partial charge in [0.15, 0.2) is 6.10 Å². The van der Waals surface area contributed by atoms with Crippen LogP contribution in [0.4, 0.5) is 0 Å². The number of rotatable bonds is 7. The Morgan fingerprint density at radius 1 is 0.812 bits per heavy atom. The summed E-state index contributed by atoms with van der Waals surface area (Å²) >= 11 is 0. The standard InChI is InChI=1S/C28H32N2O2/c1-3-23-14-16-26(17-15-23)32-22(2)28(31)30-20-18-29(19-21-30)27(24-10-6-4-7-11-24)25-12-8-5-9-13-25/h4-17,22,27H,3,18-21H2,1-2H3. The number of carbonyl (C=O) groups is 1. The maximum Gasteiger partial charge on any atom is 0.263 e. The van der Waals surface area contributed by atoms with Gasteiger partial charge in [-0.05, 0) is 42.2 Å². The normalized spacial score (nSPS) is 15.5. The molecule has 0 aliphatic carbocycles. The van der Waals surface area contributed by atoms with E-state index in [0.717, 1.165) is 25.3 Å². The SMILES string of the molecule is CCc1ccc(OC(C)C(=O)N2CCN(C(c3ccccc3)c3ccccc3)CC2)cc1. The molecule has 0 saturated carbocycles. The van der Waals surface area contributed by atoms with Gasteiger partial charge in [0.05, 0.1) is 6.04 Å². The molecule has 4 nitrogen and oxygen atoms in total. The van der Waals surface area contributed by atoms with Gasteiger partial charge in [-0.3, -0.25) is 9.69 Å². The van der Waals surface area contributed by atoms with Crippen LogP contribution in [0.5, 0.6) is 5.75 Å². The maximum atomic E-state index is 13.0. The summed E-state index contributed by atoms with van der Waals surface area (Å²) in [4.78, 5) is 17.4. The lowest BCUT2D eigenvalue weighted by atomic mass is 9.96. The zero-order chi connectivity index (χ0) is 22.3. The van der Waals surface area contributed by atoms with Crippen LogP contribution in [0.15, 0.2) is 84.9 Å². The van der Waals surface area contributed by atoms with Crippen LogP contribution < -0.4 is 4.74 Å². The van der Waals surface area contributed by atoms with Gasteiger partial charge in [-0.15, -0.1) is 0 Å². The zero-order valence-electron chi connectivity index (χ0n) is 19.0. The molecule has 1 heterocycles. The fourth-order valence-corrected chi connectivity index (χ4v) is 4.40. The van der Waals surface area contributed by atoms with Crippen molar-refractivity contribution in [3.05, 3.63) is 102 Å². The molecule has 1 amide bonds. The lowest BCUT2D eigenvalue weighted by molar-refractivity contribution is -0.140. The van der Waals surface area contributed by atoms with Crippen LogP contribution in [-0.4, -0.2) is 48.0 Å². The summed E-state index contributed by atoms with van der Waals surface area (Å²) in [6.07, 6.45) is 0.500. The lowest BCUT2D eigenvalue weighted by Crippen LogP contribution is -2.52. The minimum Gasteiger partial charge on any atom is -0.481 e. The van der Waals surface area contributed by atoms with Gasteiger partial charge in [-0.25, -0.2) is 0 Å². The van der Waals surface area contributed by atoms with E-state index in [2.05, 4.69) is 84.6 Å². The summed E-state index contributed by atoms with van der Waals surface area (Å²) in [5.41, 5.74) is 3.83. The second-order valence-corrected chi connectivity index (χ2v) is 8.34. The van der Waals surface area contributed by atoms with Gasteiger partial charge in [0.2, 0.25) is 0 Å². The monoisotopic (exact) mass is 428 g/mol. The van der Waals surface area contributed by atoms with Crippen LogP contribution >= 0.6 is 0 Å². The molecule has 166 valence electrons. The average molecular weight is 429 g/mol. The van der Waals surface area contributed by atoms with Crippen LogP contribution in [0.2, 0.25) is 0 Å². The highest BCUT2D eigenvalue weighted by Gasteiger charge is 2.30. The Balaban J connectivity index is 1.40. The fraction of sp³-hybridized carbons (Fsp3) is 0.321. The smallest absolute Gasteiger partial charge is 0.263 e. The summed E-state index contributed by atoms with van der Waals surface area (Å²) in [6, 6.07) is 29.4. The molecule has 3 aromatic rings. The van der Waals surface area contributed by atoms with E-state index in [4.69, 9.17) is 4.74 Å². The number of nitrogens with zero attached hydrogens (tertiary/aromatic N) is 2. The first-order valence-corrected chi connectivity index (χ1v) is 11.5. The summed E-state index contributed by atoms with van der Waals surface area (Å²) < 4.78 is 5.94. The van der Waals surface area contributed by atoms with Crippen molar-refractivity contribution in [1.82, 2.24) is 9.80 Å². The molecule has 0 bridgehead atoms. The zero-order valence-corrected chi connectivity index (χ0v) is 19.0. The molecular weight excluding hydrogens is 396 g/mol. The van der Waals surface area contributed by atoms with Gasteiger partial charge in [0.1, 0.15) is 5.75 Å². The van der Waals surface area contributed by atoms with Crippen molar-refractivity contribution in [2.45, 2.75) is 32.4 Å². The van der Waals surface area contributed by atoms with Gasteiger partial charge >= 0.3 is 0 Å². The molecule has 4 heteroatoms. The van der Waals surface area contributed by atoms with Crippen LogP contribution in [0, 0.1) is 0 Å². The fourth-order valence-electron chi connectivity index (χ4n) is 4.40. The molecule has 0 aromatic heterocycles. The second-order valence-electron chi connectivity index (χ2n) is 8.34. The minimum atomic E-state index is -0.493. The van der Waals surface area contributed by atoms with Crippen LogP contribution in [0.1, 0.15) is 36.6 Å². The Labute approximate surface area is 191 Å². The average Bonchev–Trinajstić information content (AvgIpc) is 2.86. The van der Waals surface area contributed by atoms with Crippen LogP contribution in [0.25, 0.3) is 0 Å². The van der Waals surface area contributed by atoms with E-state index in [1.165, 1.54) is 16.7 Å². The van der Waals surface area contributed by atoms with Crippen molar-refractivity contribution < 1.29 is 9.53 Å². The molecule has 3 aromatic carbocycles. The predicted octanol–water partition coefficient (Wildman–Crippen LogP) is 4.95. The van der Waals surface area contributed by atoms with Crippen molar-refractivity contribution in [1.29, 1.82) is 0 Å². The van der Waals surface area contributed by atoms with E-state index in [9.17, 15) is 4.79 Å². The van der Waals surface area contributed by atoms with E-state index < -0.39 is 6.10 Å². The van der Waals surface area contributed by atoms with Crippen LogP contribution in [0.3, 0.4) is 0 Å². The Hall–Kier alpha value is -3.11. The molecule has 1 atom stereocenters. The van der Waals surface area contributed by atoms with E-state index in [1.54, 1.807) is 0 Å². The lowest BCUT2D eigenvalue weighted by Gasteiger charge is -2.40. The third-order valence-electron chi connectivity index (χ3n) is 6.21. The van der Waals surface area contributed by atoms with Crippen LogP contribution in [-0.2, 0) is 11.2 Å². The van der Waals surface area contributed by atoms with Crippen molar-refractivity contribution in [3.8, 4) is 5.75 Å². The molecule has 32 heavy (non-hydrogen) atoms. The highest BCUT2D eigenvalue weighted by Crippen LogP contribution is 2.29. The Kier molecular flexibility index (Phi) is 7.23. The first kappa shape index (κ1) is 22.1. The first-order chi connectivity index (χ1) is 15.7. The molecule has 0 radical (unpaired) electrons. The highest BCUT2D eigenvalue weighted by atomic mass is 16.5. The Morgan fingerprint density at radius 3 is 1.84 bits per heavy atom. The quantitative estimate of drug-likeness (QED) is 0.534. The number of amides is 1. The summed E-state index contributed by atoms with van der Waals surface area (Å²) in [5, 5.41) is 0. The van der Waals surface area contributed by atoms with E-state index >= 15 is 0 Å². The number of hydrogen-bond donors (Lipinski definition) is 0. The van der Waals surface area contributed by atoms with Gasteiger partial charge in [0, 0.05) is 26.2 Å². The summed E-state index contributed by atoms with van der Waals surface area (Å²) in [5.74, 6) is 0.801. The summed E-state index contributed by atoms with van der Waals surface area (Å²) in [6.45, 7) is 7.05. The third-order valence-corrected chi connectivity index (χ3v) is 6.21. The number of benzene rings is 3. The Bertz CT molecular complexity index is 941. The number of hydrogen-bond acceptors (Lipinski definition) is 3. The number of carbonyl (C=O) groups excluding carboxylic acids is 1. The van der Waals surface area contributed by atoms with Gasteiger partial charge in [-0.1, -0.05) is 79.7 Å². The number of ether oxygens (including phenoxy) is 1. The molecule has 0 N–H and O–H groups in total. The topological polar surface area (TPSA) is 32.8 Å². The largest absolute Gasteiger partial charge is 0.481 e. The molecular formula is C28H32N2O2. The van der Waals surface area contributed by atoms with Crippen molar-refractivity contribution >= 4 is 5.91 Å². The Morgan fingerprint density at radius 2 is 1.34 bits per heavy atom. The van der Waals surface area contributed by atoms with Gasteiger partial charge in [-0.2, -0.15) is 0 Å². The summed E-state index contributed by atoms with van der Waals surface area (Å²) in [7, 11) is 0. The molecule has 0 spiro atoms. The van der Waals surface area contributed by atoms with E-state index in [0.29, 0.717) is 13.1 Å². The van der Waals surface area contributed by atoms with E-state index in [1.807, 2.05) is 24.0 Å². The maximum absolute atomic E-state index is 13.0. The molecule has 1 aliphatic heterocycles. The van der Waals surface area contributed by atoms with Crippen molar-refractivity contribution in [2.75, 3.05) is 26.2 Å². The van der Waals surface area contributed by atoms with Gasteiger partial charge in [0.25, 0.3) is 5.91 Å². The third kappa shape index (κ3) is 5.20. The van der Waals surface area contributed by atoms with Crippen molar-refractivity contribution in [2.24, 2.45) is 0 Å². The molecule has 1 saturated heterocycles. The molecule has 1 unspecified atom stereocenters.